The van der Waals surface area contributed by atoms with Crippen LogP contribution in [0.3, 0.4) is 0 Å². The summed E-state index contributed by atoms with van der Waals surface area (Å²) in [5.74, 6) is 0.680. The second-order valence-electron chi connectivity index (χ2n) is 2.33. The Morgan fingerprint density at radius 3 is 2.71 bits per heavy atom. The molecule has 1 rings (SSSR count). The fraction of sp³-hybridized carbons (Fsp3) is 0.250. The predicted octanol–water partition coefficient (Wildman–Crippen LogP) is 3.47. The van der Waals surface area contributed by atoms with Crippen molar-refractivity contribution >= 4 is 62.5 Å². The van der Waals surface area contributed by atoms with Gasteiger partial charge in [-0.1, -0.05) is 11.6 Å². The zero-order chi connectivity index (χ0) is 9.84. The molecule has 0 bridgehead atoms. The summed E-state index contributed by atoms with van der Waals surface area (Å²) in [6.45, 7) is 0.973. The lowest BCUT2D eigenvalue weighted by atomic mass is 10.3. The van der Waals surface area contributed by atoms with Crippen LogP contribution in [-0.4, -0.2) is 13.2 Å². The minimum Gasteiger partial charge on any atom is -0.491 e. The average Bonchev–Trinajstić information content (AvgIpc) is 2.09. The zero-order valence-electron chi connectivity index (χ0n) is 7.10. The van der Waals surface area contributed by atoms with Crippen LogP contribution in [0.25, 0.3) is 0 Å². The van der Waals surface area contributed by atoms with E-state index in [2.05, 4.69) is 38.5 Å². The van der Waals surface area contributed by atoms with Crippen LogP contribution in [0.2, 0.25) is 5.02 Å². The first-order valence-corrected chi connectivity index (χ1v) is 5.87. The first-order valence-electron chi connectivity index (χ1n) is 3.62. The molecule has 0 atom stereocenters. The molecule has 1 aromatic carbocycles. The van der Waals surface area contributed by atoms with Crippen LogP contribution in [0, 0.1) is 3.57 Å². The number of hydrogen-bond acceptors (Lipinski definition) is 2. The van der Waals surface area contributed by atoms with Gasteiger partial charge in [0.15, 0.2) is 0 Å². The van der Waals surface area contributed by atoms with Crippen molar-refractivity contribution in [1.29, 1.82) is 0 Å². The maximum absolute atomic E-state index is 5.94. The Bertz CT molecular complexity index is 312. The van der Waals surface area contributed by atoms with Crippen LogP contribution in [0.15, 0.2) is 16.6 Å². The van der Waals surface area contributed by atoms with Crippen LogP contribution in [0.4, 0.5) is 0 Å². The van der Waals surface area contributed by atoms with Crippen molar-refractivity contribution < 1.29 is 4.74 Å². The van der Waals surface area contributed by atoms with Gasteiger partial charge in [0.05, 0.1) is 5.02 Å². The molecule has 0 unspecified atom stereocenters. The van der Waals surface area contributed by atoms with E-state index in [9.17, 15) is 0 Å². The molecule has 0 saturated carbocycles. The summed E-state index contributed by atoms with van der Waals surface area (Å²) in [5, 5.41) is 0.598. The van der Waals surface area contributed by atoms with Crippen molar-refractivity contribution in [1.82, 2.24) is 0 Å². The highest BCUT2D eigenvalue weighted by Gasteiger charge is 2.05. The standard InChI is InChI=1S/C8H8BrClINO.ClH/c9-5-3-6(10)8(4-7(5)11)13-2-1-12;/h3-4H,1-2,12H2;1H. The number of benzene rings is 1. The van der Waals surface area contributed by atoms with Crippen molar-refractivity contribution in [3.63, 3.8) is 0 Å². The normalized spacial score (nSPS) is 9.43. The summed E-state index contributed by atoms with van der Waals surface area (Å²) in [6.07, 6.45) is 0. The van der Waals surface area contributed by atoms with Crippen molar-refractivity contribution in [3.05, 3.63) is 25.2 Å². The van der Waals surface area contributed by atoms with E-state index in [0.29, 0.717) is 23.9 Å². The summed E-state index contributed by atoms with van der Waals surface area (Å²) in [6, 6.07) is 3.69. The molecule has 0 spiro atoms. The van der Waals surface area contributed by atoms with Crippen molar-refractivity contribution in [3.8, 4) is 5.75 Å². The van der Waals surface area contributed by atoms with Gasteiger partial charge in [0.25, 0.3) is 0 Å². The third-order valence-electron chi connectivity index (χ3n) is 1.35. The number of ether oxygens (including phenoxy) is 1. The molecule has 2 N–H and O–H groups in total. The maximum atomic E-state index is 5.94. The van der Waals surface area contributed by atoms with Crippen LogP contribution in [0.5, 0.6) is 5.75 Å². The summed E-state index contributed by atoms with van der Waals surface area (Å²) in [7, 11) is 0. The van der Waals surface area contributed by atoms with Crippen LogP contribution < -0.4 is 10.5 Å². The molecule has 1 aromatic rings. The summed E-state index contributed by atoms with van der Waals surface area (Å²) in [4.78, 5) is 0. The number of halogens is 4. The lowest BCUT2D eigenvalue weighted by molar-refractivity contribution is 0.328. The second kappa shape index (κ2) is 7.11. The van der Waals surface area contributed by atoms with Gasteiger partial charge < -0.3 is 10.5 Å². The van der Waals surface area contributed by atoms with Gasteiger partial charge >= 0.3 is 0 Å². The molecule has 0 aliphatic rings. The van der Waals surface area contributed by atoms with Gasteiger partial charge in [0.1, 0.15) is 12.4 Å². The Hall–Kier alpha value is 0.770. The monoisotopic (exact) mass is 411 g/mol. The SMILES string of the molecule is Cl.NCCOc1cc(I)c(Br)cc1Cl. The molecule has 6 heteroatoms. The molecule has 0 aromatic heterocycles. The van der Waals surface area contributed by atoms with Gasteiger partial charge in [-0.15, -0.1) is 12.4 Å². The van der Waals surface area contributed by atoms with E-state index in [1.807, 2.05) is 12.1 Å². The molecular weight excluding hydrogens is 404 g/mol. The van der Waals surface area contributed by atoms with Gasteiger partial charge in [-0.3, -0.25) is 0 Å². The van der Waals surface area contributed by atoms with Gasteiger partial charge in [0, 0.05) is 14.6 Å². The fourth-order valence-electron chi connectivity index (χ4n) is 0.784. The van der Waals surface area contributed by atoms with Gasteiger partial charge in [-0.2, -0.15) is 0 Å². The Morgan fingerprint density at radius 1 is 1.50 bits per heavy atom. The quantitative estimate of drug-likeness (QED) is 0.609. The van der Waals surface area contributed by atoms with Crippen LogP contribution in [0.1, 0.15) is 0 Å². The van der Waals surface area contributed by atoms with E-state index in [-0.39, 0.29) is 12.4 Å². The molecule has 0 saturated heterocycles. The topological polar surface area (TPSA) is 35.2 Å². The molecular formula is C8H9BrCl2INO. The third kappa shape index (κ3) is 4.10. The van der Waals surface area contributed by atoms with Crippen LogP contribution in [-0.2, 0) is 0 Å². The highest BCUT2D eigenvalue weighted by atomic mass is 127. The average molecular weight is 413 g/mol. The summed E-state index contributed by atoms with van der Waals surface area (Å²) in [5.41, 5.74) is 5.32. The lowest BCUT2D eigenvalue weighted by Gasteiger charge is -2.07. The Kier molecular flexibility index (Phi) is 7.50. The largest absolute Gasteiger partial charge is 0.491 e. The number of hydrogen-bond donors (Lipinski definition) is 1. The fourth-order valence-corrected chi connectivity index (χ4v) is 1.92. The van der Waals surface area contributed by atoms with E-state index in [4.69, 9.17) is 22.1 Å². The molecule has 0 aliphatic heterocycles. The van der Waals surface area contributed by atoms with Crippen molar-refractivity contribution in [2.45, 2.75) is 0 Å². The predicted molar refractivity (Wildman–Crippen MR) is 73.7 cm³/mol. The van der Waals surface area contributed by atoms with Crippen LogP contribution >= 0.6 is 62.5 Å². The number of nitrogens with two attached hydrogens (primary N) is 1. The summed E-state index contributed by atoms with van der Waals surface area (Å²) < 4.78 is 7.37. The second-order valence-corrected chi connectivity index (χ2v) is 4.76. The van der Waals surface area contributed by atoms with Crippen molar-refractivity contribution in [2.75, 3.05) is 13.2 Å². The van der Waals surface area contributed by atoms with E-state index < -0.39 is 0 Å². The first kappa shape index (κ1) is 14.8. The molecule has 0 heterocycles. The van der Waals surface area contributed by atoms with Gasteiger partial charge in [0.2, 0.25) is 0 Å². The highest BCUT2D eigenvalue weighted by molar-refractivity contribution is 14.1. The maximum Gasteiger partial charge on any atom is 0.139 e. The van der Waals surface area contributed by atoms with E-state index in [1.54, 1.807) is 0 Å². The van der Waals surface area contributed by atoms with Gasteiger partial charge in [-0.25, -0.2) is 0 Å². The van der Waals surface area contributed by atoms with Crippen molar-refractivity contribution in [2.24, 2.45) is 5.73 Å². The molecule has 0 amide bonds. The van der Waals surface area contributed by atoms with Gasteiger partial charge in [-0.05, 0) is 50.7 Å². The first-order chi connectivity index (χ1) is 6.15. The Morgan fingerprint density at radius 2 is 2.14 bits per heavy atom. The molecule has 2 nitrogen and oxygen atoms in total. The Labute approximate surface area is 116 Å². The molecule has 80 valence electrons. The minimum atomic E-state index is 0. The highest BCUT2D eigenvalue weighted by Crippen LogP contribution is 2.31. The number of rotatable bonds is 3. The van der Waals surface area contributed by atoms with E-state index >= 15 is 0 Å². The molecule has 14 heavy (non-hydrogen) atoms. The lowest BCUT2D eigenvalue weighted by Crippen LogP contribution is -2.10. The third-order valence-corrected chi connectivity index (χ3v) is 3.94. The van der Waals surface area contributed by atoms with E-state index in [0.717, 1.165) is 8.04 Å². The Balaban J connectivity index is 0.00000169. The van der Waals surface area contributed by atoms with E-state index in [1.165, 1.54) is 0 Å². The molecule has 0 aliphatic carbocycles. The summed E-state index contributed by atoms with van der Waals surface area (Å²) >= 11 is 11.5. The zero-order valence-corrected chi connectivity index (χ0v) is 12.4. The molecule has 0 fully saturated rings. The molecule has 0 radical (unpaired) electrons. The minimum absolute atomic E-state index is 0. The smallest absolute Gasteiger partial charge is 0.139 e.